The Hall–Kier alpha value is -2.95. The molecule has 1 N–H and O–H groups in total. The van der Waals surface area contributed by atoms with E-state index in [2.05, 4.69) is 30.2 Å². The number of aryl methyl sites for hydroxylation is 2. The SMILES string of the molecule is Cc1nc(CN2CCC(c3cc(-c4cnn(C)c4C(F)(F)F)n[nH]3)CC2)nc2c1CCCO2. The summed E-state index contributed by atoms with van der Waals surface area (Å²) in [5.74, 6) is 1.70. The number of hydrogen-bond donors (Lipinski definition) is 1. The van der Waals surface area contributed by atoms with Crippen LogP contribution in [0.3, 0.4) is 0 Å². The zero-order chi connectivity index (χ0) is 23.2. The van der Waals surface area contributed by atoms with Crippen LogP contribution < -0.4 is 4.74 Å². The maximum Gasteiger partial charge on any atom is 0.433 e. The minimum atomic E-state index is -4.49. The number of fused-ring (bicyclic) bond motifs is 1. The summed E-state index contributed by atoms with van der Waals surface area (Å²) < 4.78 is 46.8. The Morgan fingerprint density at radius 1 is 1.21 bits per heavy atom. The Morgan fingerprint density at radius 2 is 2.00 bits per heavy atom. The van der Waals surface area contributed by atoms with Gasteiger partial charge in [0.2, 0.25) is 5.88 Å². The zero-order valence-electron chi connectivity index (χ0n) is 18.6. The van der Waals surface area contributed by atoms with Gasteiger partial charge in [-0.25, -0.2) is 4.98 Å². The summed E-state index contributed by atoms with van der Waals surface area (Å²) in [5, 5.41) is 10.9. The predicted octanol–water partition coefficient (Wildman–Crippen LogP) is 3.63. The van der Waals surface area contributed by atoms with Gasteiger partial charge in [0.25, 0.3) is 0 Å². The Kier molecular flexibility index (Phi) is 5.59. The van der Waals surface area contributed by atoms with Gasteiger partial charge in [-0.05, 0) is 51.8 Å². The number of hydrogen-bond acceptors (Lipinski definition) is 6. The lowest BCUT2D eigenvalue weighted by atomic mass is 9.93. The van der Waals surface area contributed by atoms with Gasteiger partial charge in [-0.15, -0.1) is 0 Å². The lowest BCUT2D eigenvalue weighted by molar-refractivity contribution is -0.143. The molecule has 0 saturated carbocycles. The van der Waals surface area contributed by atoms with Crippen molar-refractivity contribution in [2.45, 2.75) is 51.2 Å². The summed E-state index contributed by atoms with van der Waals surface area (Å²) in [6.07, 6.45) is 0.436. The van der Waals surface area contributed by atoms with Crippen molar-refractivity contribution in [3.8, 4) is 17.1 Å². The van der Waals surface area contributed by atoms with Gasteiger partial charge in [0.05, 0.1) is 30.6 Å². The molecule has 0 bridgehead atoms. The van der Waals surface area contributed by atoms with Gasteiger partial charge >= 0.3 is 6.18 Å². The number of piperidine rings is 1. The molecule has 33 heavy (non-hydrogen) atoms. The van der Waals surface area contributed by atoms with Crippen LogP contribution in [-0.2, 0) is 26.2 Å². The van der Waals surface area contributed by atoms with Crippen LogP contribution in [0.1, 0.15) is 53.7 Å². The predicted molar refractivity (Wildman–Crippen MR) is 114 cm³/mol. The van der Waals surface area contributed by atoms with Gasteiger partial charge < -0.3 is 4.74 Å². The maximum absolute atomic E-state index is 13.4. The lowest BCUT2D eigenvalue weighted by Gasteiger charge is -2.31. The molecule has 2 aliphatic heterocycles. The number of likely N-dealkylation sites (tertiary alicyclic amines) is 1. The molecule has 3 aromatic rings. The van der Waals surface area contributed by atoms with E-state index in [1.807, 2.05) is 6.92 Å². The van der Waals surface area contributed by atoms with E-state index in [1.54, 1.807) is 6.07 Å². The van der Waals surface area contributed by atoms with Crippen LogP contribution in [-0.4, -0.2) is 54.5 Å². The molecular formula is C22H26F3N7O. The number of nitrogens with zero attached hydrogens (tertiary/aromatic N) is 6. The molecule has 0 aliphatic carbocycles. The highest BCUT2D eigenvalue weighted by Gasteiger charge is 2.38. The molecule has 176 valence electrons. The van der Waals surface area contributed by atoms with Crippen molar-refractivity contribution in [3.05, 3.63) is 40.7 Å². The molecule has 0 aromatic carbocycles. The Bertz CT molecular complexity index is 1150. The fourth-order valence-electron chi connectivity index (χ4n) is 4.77. The summed E-state index contributed by atoms with van der Waals surface area (Å²) in [6.45, 7) is 5.06. The van der Waals surface area contributed by atoms with Crippen molar-refractivity contribution < 1.29 is 17.9 Å². The van der Waals surface area contributed by atoms with Crippen molar-refractivity contribution in [1.82, 2.24) is 34.8 Å². The lowest BCUT2D eigenvalue weighted by Crippen LogP contribution is -2.33. The third-order valence-electron chi connectivity index (χ3n) is 6.51. The largest absolute Gasteiger partial charge is 0.477 e. The van der Waals surface area contributed by atoms with Gasteiger partial charge in [0.1, 0.15) is 5.82 Å². The first kappa shape index (κ1) is 21.9. The second kappa shape index (κ2) is 8.44. The second-order valence-corrected chi connectivity index (χ2v) is 8.75. The van der Waals surface area contributed by atoms with Crippen LogP contribution in [0.4, 0.5) is 13.2 Å². The van der Waals surface area contributed by atoms with Crippen LogP contribution in [0.15, 0.2) is 12.3 Å². The molecule has 0 unspecified atom stereocenters. The van der Waals surface area contributed by atoms with E-state index >= 15 is 0 Å². The zero-order valence-corrected chi connectivity index (χ0v) is 18.6. The topological polar surface area (TPSA) is 84.8 Å². The van der Waals surface area contributed by atoms with Crippen LogP contribution in [0.2, 0.25) is 0 Å². The summed E-state index contributed by atoms with van der Waals surface area (Å²) >= 11 is 0. The second-order valence-electron chi connectivity index (χ2n) is 8.75. The Balaban J connectivity index is 1.24. The van der Waals surface area contributed by atoms with Gasteiger partial charge in [0.15, 0.2) is 5.69 Å². The van der Waals surface area contributed by atoms with Gasteiger partial charge in [0, 0.05) is 29.9 Å². The molecule has 1 saturated heterocycles. The Labute approximate surface area is 189 Å². The van der Waals surface area contributed by atoms with Crippen molar-refractivity contribution >= 4 is 0 Å². The number of ether oxygens (including phenoxy) is 1. The number of rotatable bonds is 4. The first-order valence-electron chi connectivity index (χ1n) is 11.2. The molecule has 0 radical (unpaired) electrons. The maximum atomic E-state index is 13.4. The number of aromatic nitrogens is 6. The van der Waals surface area contributed by atoms with Crippen molar-refractivity contribution in [2.24, 2.45) is 7.05 Å². The van der Waals surface area contributed by atoms with E-state index in [1.165, 1.54) is 13.2 Å². The van der Waals surface area contributed by atoms with Crippen LogP contribution in [0, 0.1) is 6.92 Å². The summed E-state index contributed by atoms with van der Waals surface area (Å²) in [4.78, 5) is 11.6. The standard InChI is InChI=1S/C22H26F3N7O/c1-13-15-4-3-9-33-21(15)28-19(27-13)12-32-7-5-14(6-8-32)17-10-18(30-29-17)16-11-26-31(2)20(16)22(23,24)25/h10-11,14H,3-9,12H2,1-2H3,(H,29,30). The number of nitrogens with one attached hydrogen (secondary N) is 1. The normalized spacial score (nSPS) is 17.7. The monoisotopic (exact) mass is 461 g/mol. The van der Waals surface area contributed by atoms with E-state index in [9.17, 15) is 13.2 Å². The van der Waals surface area contributed by atoms with E-state index in [0.29, 0.717) is 13.2 Å². The third-order valence-corrected chi connectivity index (χ3v) is 6.51. The van der Waals surface area contributed by atoms with Crippen molar-refractivity contribution in [3.63, 3.8) is 0 Å². The fraction of sp³-hybridized carbons (Fsp3) is 0.545. The molecule has 0 atom stereocenters. The van der Waals surface area contributed by atoms with Crippen molar-refractivity contribution in [2.75, 3.05) is 19.7 Å². The highest BCUT2D eigenvalue weighted by molar-refractivity contribution is 5.62. The average Bonchev–Trinajstić information content (AvgIpc) is 3.41. The quantitative estimate of drug-likeness (QED) is 0.639. The molecular weight excluding hydrogens is 435 g/mol. The van der Waals surface area contributed by atoms with Gasteiger partial charge in [-0.3, -0.25) is 14.7 Å². The number of aromatic amines is 1. The molecule has 1 fully saturated rings. The summed E-state index contributed by atoms with van der Waals surface area (Å²) in [6, 6.07) is 1.72. The van der Waals surface area contributed by atoms with Gasteiger partial charge in [-0.2, -0.15) is 28.4 Å². The van der Waals surface area contributed by atoms with E-state index in [0.717, 1.165) is 72.1 Å². The van der Waals surface area contributed by atoms with Crippen molar-refractivity contribution in [1.29, 1.82) is 0 Å². The first-order chi connectivity index (χ1) is 15.8. The fourth-order valence-corrected chi connectivity index (χ4v) is 4.77. The third kappa shape index (κ3) is 4.33. The molecule has 5 heterocycles. The number of halogens is 3. The highest BCUT2D eigenvalue weighted by atomic mass is 19.4. The molecule has 0 amide bonds. The first-order valence-corrected chi connectivity index (χ1v) is 11.2. The summed E-state index contributed by atoms with van der Waals surface area (Å²) in [5.41, 5.74) is 2.43. The molecule has 0 spiro atoms. The molecule has 8 nitrogen and oxygen atoms in total. The molecule has 5 rings (SSSR count). The van der Waals surface area contributed by atoms with Crippen LogP contribution in [0.5, 0.6) is 5.88 Å². The molecule has 11 heteroatoms. The minimum absolute atomic E-state index is 0.00733. The van der Waals surface area contributed by atoms with E-state index < -0.39 is 11.9 Å². The summed E-state index contributed by atoms with van der Waals surface area (Å²) in [7, 11) is 1.29. The molecule has 2 aliphatic rings. The van der Waals surface area contributed by atoms with Crippen LogP contribution in [0.25, 0.3) is 11.3 Å². The molecule has 3 aromatic heterocycles. The number of H-pyrrole nitrogens is 1. The van der Waals surface area contributed by atoms with E-state index in [-0.39, 0.29) is 17.2 Å². The Morgan fingerprint density at radius 3 is 2.76 bits per heavy atom. The number of alkyl halides is 3. The minimum Gasteiger partial charge on any atom is -0.477 e. The smallest absolute Gasteiger partial charge is 0.433 e. The average molecular weight is 461 g/mol. The van der Waals surface area contributed by atoms with Gasteiger partial charge in [-0.1, -0.05) is 0 Å². The van der Waals surface area contributed by atoms with E-state index in [4.69, 9.17) is 4.74 Å². The highest BCUT2D eigenvalue weighted by Crippen LogP contribution is 2.37. The van der Waals surface area contributed by atoms with Crippen LogP contribution >= 0.6 is 0 Å².